The van der Waals surface area contributed by atoms with Crippen LogP contribution in [0.2, 0.25) is 0 Å². The van der Waals surface area contributed by atoms with Crippen molar-refractivity contribution in [3.63, 3.8) is 0 Å². The van der Waals surface area contributed by atoms with Crippen LogP contribution >= 0.6 is 0 Å². The van der Waals surface area contributed by atoms with Gasteiger partial charge in [-0.25, -0.2) is 8.78 Å². The Kier molecular flexibility index (Phi) is 5.33. The van der Waals surface area contributed by atoms with Crippen molar-refractivity contribution in [3.05, 3.63) is 35.4 Å². The summed E-state index contributed by atoms with van der Waals surface area (Å²) in [5.74, 6) is 4.83. The van der Waals surface area contributed by atoms with Crippen LogP contribution in [0.15, 0.2) is 18.2 Å². The lowest BCUT2D eigenvalue weighted by Gasteiger charge is -2.39. The summed E-state index contributed by atoms with van der Waals surface area (Å²) in [6.07, 6.45) is 6.52. The van der Waals surface area contributed by atoms with Gasteiger partial charge < -0.3 is 0 Å². The zero-order chi connectivity index (χ0) is 15.5. The largest absolute Gasteiger partial charge is 0.271 e. The van der Waals surface area contributed by atoms with Gasteiger partial charge in [0.2, 0.25) is 0 Å². The van der Waals surface area contributed by atoms with E-state index < -0.39 is 11.6 Å². The molecule has 1 aromatic rings. The molecule has 1 aromatic carbocycles. The van der Waals surface area contributed by atoms with E-state index in [1.165, 1.54) is 25.0 Å². The van der Waals surface area contributed by atoms with E-state index in [4.69, 9.17) is 5.84 Å². The Balaban J connectivity index is 2.18. The van der Waals surface area contributed by atoms with Gasteiger partial charge in [-0.15, -0.1) is 0 Å². The zero-order valence-corrected chi connectivity index (χ0v) is 13.0. The van der Waals surface area contributed by atoms with Gasteiger partial charge in [0.05, 0.1) is 0 Å². The first-order chi connectivity index (χ1) is 9.97. The molecule has 1 saturated carbocycles. The van der Waals surface area contributed by atoms with Crippen LogP contribution in [0, 0.1) is 23.0 Å². The van der Waals surface area contributed by atoms with E-state index in [1.807, 2.05) is 0 Å². The number of halogens is 2. The second-order valence-electron chi connectivity index (χ2n) is 6.84. The van der Waals surface area contributed by atoms with Gasteiger partial charge in [-0.2, -0.15) is 0 Å². The molecule has 2 rings (SSSR count). The van der Waals surface area contributed by atoms with Crippen molar-refractivity contribution in [1.82, 2.24) is 5.43 Å². The molecule has 0 heterocycles. The second-order valence-corrected chi connectivity index (χ2v) is 6.84. The maximum atomic E-state index is 13.4. The predicted octanol–water partition coefficient (Wildman–Crippen LogP) is 3.95. The minimum absolute atomic E-state index is 0.104. The molecule has 1 atom stereocenters. The molecule has 0 spiro atoms. The molecule has 0 radical (unpaired) electrons. The Morgan fingerprint density at radius 3 is 2.38 bits per heavy atom. The van der Waals surface area contributed by atoms with Crippen LogP contribution in [0.5, 0.6) is 0 Å². The SMILES string of the molecule is CC(C)CC1(C(Cc2ccc(F)c(F)c2)NN)CCCC1. The average molecular weight is 296 g/mol. The summed E-state index contributed by atoms with van der Waals surface area (Å²) in [4.78, 5) is 0. The molecule has 0 aliphatic heterocycles. The highest BCUT2D eigenvalue weighted by Gasteiger charge is 2.41. The van der Waals surface area contributed by atoms with Gasteiger partial charge in [0, 0.05) is 6.04 Å². The molecule has 1 unspecified atom stereocenters. The molecule has 21 heavy (non-hydrogen) atoms. The number of hydrogen-bond acceptors (Lipinski definition) is 2. The number of hydrazine groups is 1. The van der Waals surface area contributed by atoms with E-state index in [1.54, 1.807) is 6.07 Å². The first kappa shape index (κ1) is 16.4. The highest BCUT2D eigenvalue weighted by atomic mass is 19.2. The summed E-state index contributed by atoms with van der Waals surface area (Å²) in [7, 11) is 0. The van der Waals surface area contributed by atoms with E-state index in [9.17, 15) is 8.78 Å². The van der Waals surface area contributed by atoms with Crippen molar-refractivity contribution in [2.75, 3.05) is 0 Å². The summed E-state index contributed by atoms with van der Waals surface area (Å²) in [6, 6.07) is 4.24. The fourth-order valence-electron chi connectivity index (χ4n) is 3.94. The normalized spacial score (nSPS) is 19.1. The summed E-state index contributed by atoms with van der Waals surface area (Å²) >= 11 is 0. The van der Waals surface area contributed by atoms with Crippen LogP contribution in [-0.2, 0) is 6.42 Å². The summed E-state index contributed by atoms with van der Waals surface area (Å²) in [5, 5.41) is 0. The van der Waals surface area contributed by atoms with Gasteiger partial charge in [0.1, 0.15) is 0 Å². The fourth-order valence-corrected chi connectivity index (χ4v) is 3.94. The topological polar surface area (TPSA) is 38.0 Å². The van der Waals surface area contributed by atoms with Crippen LogP contribution < -0.4 is 11.3 Å². The van der Waals surface area contributed by atoms with Crippen molar-refractivity contribution in [2.24, 2.45) is 17.2 Å². The summed E-state index contributed by atoms with van der Waals surface area (Å²) < 4.78 is 26.4. The third kappa shape index (κ3) is 3.80. The quantitative estimate of drug-likeness (QED) is 0.616. The van der Waals surface area contributed by atoms with Crippen LogP contribution in [-0.4, -0.2) is 6.04 Å². The first-order valence-corrected chi connectivity index (χ1v) is 7.87. The maximum absolute atomic E-state index is 13.4. The molecule has 0 aromatic heterocycles. The molecule has 4 heteroatoms. The molecule has 0 amide bonds. The number of hydrogen-bond donors (Lipinski definition) is 2. The molecule has 2 nitrogen and oxygen atoms in total. The highest BCUT2D eigenvalue weighted by Crippen LogP contribution is 2.46. The van der Waals surface area contributed by atoms with Gasteiger partial charge in [0.15, 0.2) is 11.6 Å². The molecular weight excluding hydrogens is 270 g/mol. The van der Waals surface area contributed by atoms with Gasteiger partial charge in [0.25, 0.3) is 0 Å². The van der Waals surface area contributed by atoms with Crippen molar-refractivity contribution < 1.29 is 8.78 Å². The number of rotatable bonds is 6. The van der Waals surface area contributed by atoms with Crippen LogP contribution in [0.1, 0.15) is 51.5 Å². The van der Waals surface area contributed by atoms with E-state index in [0.717, 1.165) is 24.8 Å². The molecule has 1 aliphatic carbocycles. The Hall–Kier alpha value is -1.00. The molecule has 118 valence electrons. The van der Waals surface area contributed by atoms with Gasteiger partial charge in [-0.1, -0.05) is 32.8 Å². The molecule has 0 bridgehead atoms. The van der Waals surface area contributed by atoms with Crippen molar-refractivity contribution >= 4 is 0 Å². The molecular formula is C17H26F2N2. The fraction of sp³-hybridized carbons (Fsp3) is 0.647. The van der Waals surface area contributed by atoms with Gasteiger partial charge >= 0.3 is 0 Å². The summed E-state index contributed by atoms with van der Waals surface area (Å²) in [6.45, 7) is 4.45. The first-order valence-electron chi connectivity index (χ1n) is 7.87. The van der Waals surface area contributed by atoms with E-state index in [0.29, 0.717) is 12.3 Å². The van der Waals surface area contributed by atoms with E-state index in [-0.39, 0.29) is 11.5 Å². The highest BCUT2D eigenvalue weighted by molar-refractivity contribution is 5.19. The summed E-state index contributed by atoms with van der Waals surface area (Å²) in [5.41, 5.74) is 3.93. The number of benzene rings is 1. The van der Waals surface area contributed by atoms with Crippen LogP contribution in [0.3, 0.4) is 0 Å². The van der Waals surface area contributed by atoms with Crippen LogP contribution in [0.25, 0.3) is 0 Å². The van der Waals surface area contributed by atoms with Crippen molar-refractivity contribution in [2.45, 2.75) is 58.4 Å². The van der Waals surface area contributed by atoms with E-state index >= 15 is 0 Å². The van der Waals surface area contributed by atoms with Crippen molar-refractivity contribution in [1.29, 1.82) is 0 Å². The smallest absolute Gasteiger partial charge is 0.159 e. The lowest BCUT2D eigenvalue weighted by molar-refractivity contribution is 0.154. The minimum Gasteiger partial charge on any atom is -0.271 e. The Morgan fingerprint density at radius 2 is 1.86 bits per heavy atom. The second kappa shape index (κ2) is 6.84. The average Bonchev–Trinajstić information content (AvgIpc) is 2.88. The maximum Gasteiger partial charge on any atom is 0.159 e. The zero-order valence-electron chi connectivity index (χ0n) is 13.0. The predicted molar refractivity (Wildman–Crippen MR) is 81.5 cm³/mol. The Bertz CT molecular complexity index is 468. The Morgan fingerprint density at radius 1 is 1.19 bits per heavy atom. The van der Waals surface area contributed by atoms with Crippen LogP contribution in [0.4, 0.5) is 8.78 Å². The third-order valence-electron chi connectivity index (χ3n) is 4.78. The lowest BCUT2D eigenvalue weighted by Crippen LogP contribution is -2.49. The standard InChI is InChI=1S/C17H26F2N2/c1-12(2)11-17(7-3-4-8-17)16(21-20)10-13-5-6-14(18)15(19)9-13/h5-6,9,12,16,21H,3-4,7-8,10-11,20H2,1-2H3. The lowest BCUT2D eigenvalue weighted by atomic mass is 9.71. The Labute approximate surface area is 126 Å². The van der Waals surface area contributed by atoms with E-state index in [2.05, 4.69) is 19.3 Å². The molecule has 1 fully saturated rings. The molecule has 1 aliphatic rings. The number of nitrogens with one attached hydrogen (secondary N) is 1. The molecule has 0 saturated heterocycles. The van der Waals surface area contributed by atoms with Gasteiger partial charge in [-0.3, -0.25) is 11.3 Å². The molecule has 3 N–H and O–H groups in total. The minimum atomic E-state index is -0.797. The van der Waals surface area contributed by atoms with Gasteiger partial charge in [-0.05, 0) is 54.7 Å². The monoisotopic (exact) mass is 296 g/mol. The third-order valence-corrected chi connectivity index (χ3v) is 4.78. The number of nitrogens with two attached hydrogens (primary N) is 1. The van der Waals surface area contributed by atoms with Crippen molar-refractivity contribution in [3.8, 4) is 0 Å².